The van der Waals surface area contributed by atoms with Gasteiger partial charge in [0, 0.05) is 24.3 Å². The molecule has 0 aromatic carbocycles. The van der Waals surface area contributed by atoms with Crippen molar-refractivity contribution in [3.05, 3.63) is 0 Å². The lowest BCUT2D eigenvalue weighted by atomic mass is 9.71. The van der Waals surface area contributed by atoms with Crippen molar-refractivity contribution in [1.82, 2.24) is 15.5 Å². The van der Waals surface area contributed by atoms with Crippen LogP contribution in [-0.2, 0) is 23.9 Å². The van der Waals surface area contributed by atoms with E-state index in [0.717, 1.165) is 12.8 Å². The van der Waals surface area contributed by atoms with Crippen LogP contribution in [0.4, 0.5) is 13.2 Å². The number of nitrogens with one attached hydrogen (secondary N) is 2. The summed E-state index contributed by atoms with van der Waals surface area (Å²) in [4.78, 5) is 51.7. The van der Waals surface area contributed by atoms with Gasteiger partial charge in [0.2, 0.25) is 17.7 Å². The summed E-state index contributed by atoms with van der Waals surface area (Å²) in [6, 6.07) is -2.23. The first kappa shape index (κ1) is 24.5. The highest BCUT2D eigenvalue weighted by Gasteiger charge is 2.56. The zero-order valence-electron chi connectivity index (χ0n) is 18.1. The highest BCUT2D eigenvalue weighted by atomic mass is 19.4. The first-order valence-corrected chi connectivity index (χ1v) is 10.6. The molecule has 3 fully saturated rings. The predicted molar refractivity (Wildman–Crippen MR) is 106 cm³/mol. The number of amides is 3. The van der Waals surface area contributed by atoms with Gasteiger partial charge in [-0.25, -0.2) is 0 Å². The highest BCUT2D eigenvalue weighted by Crippen LogP contribution is 2.55. The minimum Gasteiger partial charge on any atom is -0.356 e. The SMILES string of the molecule is [B]C(C)(C)C(=O)N1CC2(CC2)C[C@H]1C(=O)N[C@@H](C[C@@H]1CCNC1=O)C(=O)COC(F)(F)F. The average molecular weight is 457 g/mol. The smallest absolute Gasteiger partial charge is 0.356 e. The lowest BCUT2D eigenvalue weighted by molar-refractivity contribution is -0.321. The molecule has 1 saturated carbocycles. The fraction of sp³-hybridized carbons (Fsp3) is 0.800. The van der Waals surface area contributed by atoms with E-state index >= 15 is 0 Å². The Morgan fingerprint density at radius 1 is 1.31 bits per heavy atom. The molecular formula is C20H27BF3N3O5. The van der Waals surface area contributed by atoms with Crippen LogP contribution in [0, 0.1) is 11.3 Å². The number of carbonyl (C=O) groups excluding carboxylic acids is 4. The van der Waals surface area contributed by atoms with Crippen LogP contribution in [0.1, 0.15) is 46.0 Å². The maximum absolute atomic E-state index is 13.1. The normalized spacial score (nSPS) is 25.5. The van der Waals surface area contributed by atoms with Crippen LogP contribution in [0.2, 0.25) is 5.31 Å². The van der Waals surface area contributed by atoms with E-state index in [1.54, 1.807) is 0 Å². The second kappa shape index (κ2) is 8.68. The third-order valence-electron chi connectivity index (χ3n) is 6.35. The Labute approximate surface area is 185 Å². The van der Waals surface area contributed by atoms with Crippen LogP contribution in [0.25, 0.3) is 0 Å². The molecule has 0 aromatic heterocycles. The maximum Gasteiger partial charge on any atom is 0.522 e. The molecule has 8 nitrogen and oxygen atoms in total. The molecule has 1 spiro atoms. The van der Waals surface area contributed by atoms with Crippen molar-refractivity contribution < 1.29 is 37.1 Å². The van der Waals surface area contributed by atoms with Crippen LogP contribution in [0.15, 0.2) is 0 Å². The van der Waals surface area contributed by atoms with Crippen molar-refractivity contribution in [3.63, 3.8) is 0 Å². The Morgan fingerprint density at radius 3 is 2.47 bits per heavy atom. The van der Waals surface area contributed by atoms with Crippen molar-refractivity contribution in [2.24, 2.45) is 11.3 Å². The van der Waals surface area contributed by atoms with Gasteiger partial charge in [-0.1, -0.05) is 13.8 Å². The van der Waals surface area contributed by atoms with Crippen molar-refractivity contribution in [1.29, 1.82) is 0 Å². The monoisotopic (exact) mass is 457 g/mol. The fourth-order valence-electron chi connectivity index (χ4n) is 4.36. The van der Waals surface area contributed by atoms with Crippen LogP contribution >= 0.6 is 0 Å². The van der Waals surface area contributed by atoms with E-state index in [1.165, 1.54) is 18.7 Å². The molecule has 0 aromatic rings. The third-order valence-corrected chi connectivity index (χ3v) is 6.35. The number of likely N-dealkylation sites (tertiary alicyclic amines) is 1. The predicted octanol–water partition coefficient (Wildman–Crippen LogP) is 0.851. The van der Waals surface area contributed by atoms with E-state index in [0.29, 0.717) is 25.9 Å². The van der Waals surface area contributed by atoms with Crippen molar-refractivity contribution >= 4 is 31.4 Å². The largest absolute Gasteiger partial charge is 0.522 e. The number of hydrogen-bond acceptors (Lipinski definition) is 5. The molecule has 12 heteroatoms. The summed E-state index contributed by atoms with van der Waals surface area (Å²) in [5.74, 6) is -3.00. The molecule has 2 aliphatic heterocycles. The number of rotatable bonds is 8. The average Bonchev–Trinajstić information content (AvgIpc) is 3.13. The van der Waals surface area contributed by atoms with E-state index in [-0.39, 0.29) is 17.7 Å². The number of hydrogen-bond donors (Lipinski definition) is 2. The molecule has 32 heavy (non-hydrogen) atoms. The summed E-state index contributed by atoms with van der Waals surface area (Å²) < 4.78 is 40.9. The molecule has 0 unspecified atom stereocenters. The quantitative estimate of drug-likeness (QED) is 0.526. The van der Waals surface area contributed by atoms with Gasteiger partial charge in [0.05, 0.1) is 13.9 Å². The molecular weight excluding hydrogens is 430 g/mol. The molecule has 3 amide bonds. The lowest BCUT2D eigenvalue weighted by Gasteiger charge is -2.31. The number of nitrogens with zero attached hydrogens (tertiary/aromatic N) is 1. The van der Waals surface area contributed by atoms with Gasteiger partial charge in [-0.2, -0.15) is 0 Å². The zero-order valence-corrected chi connectivity index (χ0v) is 18.1. The summed E-state index contributed by atoms with van der Waals surface area (Å²) in [6.45, 7) is 2.53. The third kappa shape index (κ3) is 5.82. The first-order chi connectivity index (χ1) is 14.7. The molecule has 3 aliphatic rings. The van der Waals surface area contributed by atoms with Gasteiger partial charge in [0.15, 0.2) is 5.78 Å². The summed E-state index contributed by atoms with van der Waals surface area (Å²) in [7, 11) is 5.94. The lowest BCUT2D eigenvalue weighted by Crippen LogP contribution is -2.53. The minimum atomic E-state index is -5.01. The number of Topliss-reactive ketones (excluding diaryl/α,β-unsaturated/α-hetero) is 1. The first-order valence-electron chi connectivity index (χ1n) is 10.6. The Morgan fingerprint density at radius 2 is 1.97 bits per heavy atom. The van der Waals surface area contributed by atoms with Crippen molar-refractivity contribution in [2.45, 2.75) is 69.7 Å². The van der Waals surface area contributed by atoms with Gasteiger partial charge in [0.25, 0.3) is 0 Å². The minimum absolute atomic E-state index is 0.147. The summed E-state index contributed by atoms with van der Waals surface area (Å²) in [6.07, 6.45) is -2.65. The maximum atomic E-state index is 13.1. The number of halogens is 3. The van der Waals surface area contributed by atoms with Gasteiger partial charge in [-0.15, -0.1) is 13.2 Å². The summed E-state index contributed by atoms with van der Waals surface area (Å²) in [5, 5.41) is 3.88. The molecule has 0 bridgehead atoms. The fourth-order valence-corrected chi connectivity index (χ4v) is 4.36. The van der Waals surface area contributed by atoms with Crippen molar-refractivity contribution in [3.8, 4) is 0 Å². The topological polar surface area (TPSA) is 105 Å². The van der Waals surface area contributed by atoms with Gasteiger partial charge in [-0.3, -0.25) is 23.9 Å². The van der Waals surface area contributed by atoms with Gasteiger partial charge >= 0.3 is 6.36 Å². The highest BCUT2D eigenvalue weighted by molar-refractivity contribution is 6.27. The zero-order chi connectivity index (χ0) is 23.9. The molecule has 176 valence electrons. The van der Waals surface area contributed by atoms with E-state index in [2.05, 4.69) is 15.4 Å². The van der Waals surface area contributed by atoms with E-state index < -0.39 is 53.9 Å². The van der Waals surface area contributed by atoms with Crippen LogP contribution in [0.5, 0.6) is 0 Å². The van der Waals surface area contributed by atoms with E-state index in [4.69, 9.17) is 7.85 Å². The molecule has 2 N–H and O–H groups in total. The number of ether oxygens (including phenoxy) is 1. The second-order valence-corrected chi connectivity index (χ2v) is 9.65. The van der Waals surface area contributed by atoms with Crippen molar-refractivity contribution in [2.75, 3.05) is 19.7 Å². The van der Waals surface area contributed by atoms with Crippen LogP contribution in [-0.4, -0.2) is 74.4 Å². The van der Waals surface area contributed by atoms with Gasteiger partial charge in [-0.05, 0) is 37.5 Å². The molecule has 1 aliphatic carbocycles. The molecule has 2 radical (unpaired) electrons. The molecule has 3 rings (SSSR count). The Kier molecular flexibility index (Phi) is 6.66. The molecule has 2 heterocycles. The Balaban J connectivity index is 1.74. The number of alkyl halides is 3. The van der Waals surface area contributed by atoms with Gasteiger partial charge in [0.1, 0.15) is 12.6 Å². The second-order valence-electron chi connectivity index (χ2n) is 9.65. The van der Waals surface area contributed by atoms with Gasteiger partial charge < -0.3 is 15.5 Å². The number of ketones is 1. The molecule has 2 saturated heterocycles. The standard InChI is InChI=1S/C20H27BF3N3O5/c1-18(2,21)17(31)27-10-19(4-5-19)8-13(27)16(30)26-12(7-11-3-6-25-15(11)29)14(28)9-32-20(22,23)24/h11-13H,3-10H2,1-2H3,(H,25,29)(H,26,30)/t11-,12-,13-/m0/s1. The Bertz CT molecular complexity index is 794. The number of carbonyl (C=O) groups is 4. The van der Waals surface area contributed by atoms with Crippen LogP contribution in [0.3, 0.4) is 0 Å². The summed E-state index contributed by atoms with van der Waals surface area (Å²) >= 11 is 0. The Hall–Kier alpha value is -2.11. The van der Waals surface area contributed by atoms with Crippen LogP contribution < -0.4 is 10.6 Å². The van der Waals surface area contributed by atoms with E-state index in [1.807, 2.05) is 0 Å². The molecule has 3 atom stereocenters. The van der Waals surface area contributed by atoms with E-state index in [9.17, 15) is 32.3 Å². The summed E-state index contributed by atoms with van der Waals surface area (Å²) in [5.41, 5.74) is -0.160.